The zero-order valence-corrected chi connectivity index (χ0v) is 13.7. The van der Waals surface area contributed by atoms with Crippen molar-refractivity contribution in [2.24, 2.45) is 7.05 Å². The summed E-state index contributed by atoms with van der Waals surface area (Å²) in [7, 11) is 1.88. The van der Waals surface area contributed by atoms with Gasteiger partial charge in [0.1, 0.15) is 5.69 Å². The van der Waals surface area contributed by atoms with Gasteiger partial charge in [-0.15, -0.1) is 0 Å². The van der Waals surface area contributed by atoms with Crippen LogP contribution in [-0.2, 0) is 11.8 Å². The number of hydrogen-bond donors (Lipinski definition) is 2. The minimum atomic E-state index is -0.805. The Morgan fingerprint density at radius 2 is 2.13 bits per heavy atom. The number of aryl methyl sites for hydroxylation is 1. The van der Waals surface area contributed by atoms with Crippen molar-refractivity contribution in [1.29, 1.82) is 0 Å². The Morgan fingerprint density at radius 3 is 2.70 bits per heavy atom. The number of nitrogens with one attached hydrogen (secondary N) is 1. The fraction of sp³-hybridized carbons (Fsp3) is 0.688. The van der Waals surface area contributed by atoms with Crippen LogP contribution in [0.15, 0.2) is 6.07 Å². The van der Waals surface area contributed by atoms with Gasteiger partial charge >= 0.3 is 5.97 Å². The van der Waals surface area contributed by atoms with Crippen LogP contribution in [0.4, 0.5) is 0 Å². The van der Waals surface area contributed by atoms with E-state index in [9.17, 15) is 9.59 Å². The summed E-state index contributed by atoms with van der Waals surface area (Å²) in [6.07, 6.45) is 3.97. The zero-order valence-electron chi connectivity index (χ0n) is 13.7. The lowest BCUT2D eigenvalue weighted by atomic mass is 9.85. The molecule has 126 valence electrons. The average Bonchev–Trinajstić information content (AvgIpc) is 3.22. The number of likely N-dealkylation sites (N-methyl/N-ethyl adjacent to an activating group) is 1. The van der Waals surface area contributed by atoms with Gasteiger partial charge in [-0.25, -0.2) is 0 Å². The van der Waals surface area contributed by atoms with E-state index in [1.807, 2.05) is 29.6 Å². The molecule has 0 aromatic carbocycles. The summed E-state index contributed by atoms with van der Waals surface area (Å²) in [6, 6.07) is 2.25. The van der Waals surface area contributed by atoms with Crippen LogP contribution in [0.2, 0.25) is 0 Å². The van der Waals surface area contributed by atoms with Gasteiger partial charge in [-0.1, -0.05) is 6.92 Å². The second-order valence-corrected chi connectivity index (χ2v) is 6.60. The molecule has 2 fully saturated rings. The van der Waals surface area contributed by atoms with Gasteiger partial charge in [0.15, 0.2) is 0 Å². The fourth-order valence-corrected chi connectivity index (χ4v) is 3.29. The van der Waals surface area contributed by atoms with Crippen LogP contribution in [0.3, 0.4) is 0 Å². The van der Waals surface area contributed by atoms with Crippen LogP contribution in [0, 0.1) is 0 Å². The van der Waals surface area contributed by atoms with Crippen LogP contribution < -0.4 is 5.32 Å². The number of carbonyl (C=O) groups is 2. The maximum absolute atomic E-state index is 12.3. The Balaban J connectivity index is 1.50. The van der Waals surface area contributed by atoms with Crippen LogP contribution in [0.25, 0.3) is 0 Å². The SMILES string of the molecule is CCN(CC(=O)O)C1CC(NC(=O)c2cc(C3CC3)n(C)n2)C1. The molecule has 0 spiro atoms. The van der Waals surface area contributed by atoms with Crippen molar-refractivity contribution < 1.29 is 14.7 Å². The quantitative estimate of drug-likeness (QED) is 0.781. The van der Waals surface area contributed by atoms with Crippen LogP contribution in [0.5, 0.6) is 0 Å². The molecule has 2 aliphatic carbocycles. The molecule has 1 heterocycles. The number of amides is 1. The summed E-state index contributed by atoms with van der Waals surface area (Å²) >= 11 is 0. The number of hydrogen-bond acceptors (Lipinski definition) is 4. The van der Waals surface area contributed by atoms with Crippen molar-refractivity contribution in [1.82, 2.24) is 20.0 Å². The standard InChI is InChI=1S/C16H24N4O3/c1-3-20(9-15(21)22)12-6-11(7-12)17-16(23)13-8-14(10-4-5-10)19(2)18-13/h8,10-12H,3-7,9H2,1-2H3,(H,17,23)(H,21,22). The predicted molar refractivity (Wildman–Crippen MR) is 84.3 cm³/mol. The van der Waals surface area contributed by atoms with Gasteiger partial charge in [-0.05, 0) is 38.3 Å². The van der Waals surface area contributed by atoms with Crippen molar-refractivity contribution in [3.8, 4) is 0 Å². The highest BCUT2D eigenvalue weighted by Crippen LogP contribution is 2.40. The maximum Gasteiger partial charge on any atom is 0.317 e. The van der Waals surface area contributed by atoms with E-state index in [4.69, 9.17) is 5.11 Å². The molecule has 23 heavy (non-hydrogen) atoms. The molecule has 0 unspecified atom stereocenters. The minimum Gasteiger partial charge on any atom is -0.480 e. The van der Waals surface area contributed by atoms with Gasteiger partial charge in [0.25, 0.3) is 5.91 Å². The van der Waals surface area contributed by atoms with Gasteiger partial charge in [0.05, 0.1) is 6.54 Å². The molecule has 7 nitrogen and oxygen atoms in total. The third-order valence-electron chi connectivity index (χ3n) is 4.85. The first-order valence-electron chi connectivity index (χ1n) is 8.28. The molecule has 2 N–H and O–H groups in total. The first kappa shape index (κ1) is 16.0. The molecule has 1 amide bonds. The van der Waals surface area contributed by atoms with Crippen molar-refractivity contribution >= 4 is 11.9 Å². The molecule has 7 heteroatoms. The van der Waals surface area contributed by atoms with Crippen LogP contribution in [-0.4, -0.2) is 56.8 Å². The number of carboxylic acid groups (broad SMARTS) is 1. The Labute approximate surface area is 135 Å². The zero-order chi connectivity index (χ0) is 16.6. The molecular formula is C16H24N4O3. The Bertz CT molecular complexity index is 602. The highest BCUT2D eigenvalue weighted by molar-refractivity contribution is 5.92. The van der Waals surface area contributed by atoms with E-state index < -0.39 is 5.97 Å². The smallest absolute Gasteiger partial charge is 0.317 e. The summed E-state index contributed by atoms with van der Waals surface area (Å²) in [5.41, 5.74) is 1.62. The second kappa shape index (κ2) is 6.31. The van der Waals surface area contributed by atoms with Gasteiger partial charge in [0.2, 0.25) is 0 Å². The molecule has 1 aromatic rings. The minimum absolute atomic E-state index is 0.0623. The molecule has 2 aliphatic rings. The van der Waals surface area contributed by atoms with Gasteiger partial charge in [-0.2, -0.15) is 5.10 Å². The van der Waals surface area contributed by atoms with E-state index in [-0.39, 0.29) is 24.5 Å². The molecule has 1 aromatic heterocycles. The van der Waals surface area contributed by atoms with Gasteiger partial charge in [-0.3, -0.25) is 19.2 Å². The van der Waals surface area contributed by atoms with Gasteiger partial charge in [0, 0.05) is 30.7 Å². The Morgan fingerprint density at radius 1 is 1.43 bits per heavy atom. The third kappa shape index (κ3) is 3.55. The first-order chi connectivity index (χ1) is 11.0. The topological polar surface area (TPSA) is 87.5 Å². The van der Waals surface area contributed by atoms with Crippen molar-refractivity contribution in [2.75, 3.05) is 13.1 Å². The molecule has 0 radical (unpaired) electrons. The van der Waals surface area contributed by atoms with Gasteiger partial charge < -0.3 is 10.4 Å². The number of aromatic nitrogens is 2. The Hall–Kier alpha value is -1.89. The maximum atomic E-state index is 12.3. The molecule has 0 saturated heterocycles. The number of nitrogens with zero attached hydrogens (tertiary/aromatic N) is 3. The highest BCUT2D eigenvalue weighted by atomic mass is 16.4. The molecule has 2 saturated carbocycles. The molecule has 3 rings (SSSR count). The number of rotatable bonds is 7. The first-order valence-corrected chi connectivity index (χ1v) is 8.28. The van der Waals surface area contributed by atoms with E-state index in [0.717, 1.165) is 18.5 Å². The van der Waals surface area contributed by atoms with E-state index >= 15 is 0 Å². The van der Waals surface area contributed by atoms with Crippen molar-refractivity contribution in [3.63, 3.8) is 0 Å². The Kier molecular flexibility index (Phi) is 4.39. The third-order valence-corrected chi connectivity index (χ3v) is 4.85. The molecule has 0 atom stereocenters. The van der Waals surface area contributed by atoms with Crippen LogP contribution >= 0.6 is 0 Å². The summed E-state index contributed by atoms with van der Waals surface area (Å²) < 4.78 is 1.81. The van der Waals surface area contributed by atoms with Crippen molar-refractivity contribution in [2.45, 2.75) is 50.6 Å². The lowest BCUT2D eigenvalue weighted by Crippen LogP contribution is -2.54. The highest BCUT2D eigenvalue weighted by Gasteiger charge is 2.35. The lowest BCUT2D eigenvalue weighted by molar-refractivity contribution is -0.139. The monoisotopic (exact) mass is 320 g/mol. The summed E-state index contributed by atoms with van der Waals surface area (Å²) in [5.74, 6) is -0.367. The summed E-state index contributed by atoms with van der Waals surface area (Å²) in [6.45, 7) is 2.73. The number of carboxylic acids is 1. The molecule has 0 bridgehead atoms. The molecule has 0 aliphatic heterocycles. The summed E-state index contributed by atoms with van der Waals surface area (Å²) in [5, 5.41) is 16.2. The fourth-order valence-electron chi connectivity index (χ4n) is 3.29. The van der Waals surface area contributed by atoms with E-state index in [1.165, 1.54) is 12.8 Å². The number of carbonyl (C=O) groups excluding carboxylic acids is 1. The number of aliphatic carboxylic acids is 1. The van der Waals surface area contributed by atoms with E-state index in [0.29, 0.717) is 18.2 Å². The van der Waals surface area contributed by atoms with Crippen molar-refractivity contribution in [3.05, 3.63) is 17.5 Å². The van der Waals surface area contributed by atoms with E-state index in [1.54, 1.807) is 0 Å². The predicted octanol–water partition coefficient (Wildman–Crippen LogP) is 0.965. The largest absolute Gasteiger partial charge is 0.480 e. The lowest BCUT2D eigenvalue weighted by Gasteiger charge is -2.42. The normalized spacial score (nSPS) is 23.6. The summed E-state index contributed by atoms with van der Waals surface area (Å²) in [4.78, 5) is 25.1. The second-order valence-electron chi connectivity index (χ2n) is 6.60. The van der Waals surface area contributed by atoms with E-state index in [2.05, 4.69) is 10.4 Å². The van der Waals surface area contributed by atoms with Crippen LogP contribution in [0.1, 0.15) is 54.7 Å². The average molecular weight is 320 g/mol. The molecular weight excluding hydrogens is 296 g/mol.